The molecule has 0 saturated carbocycles. The number of nitrogens with one attached hydrogen (secondary N) is 2. The van der Waals surface area contributed by atoms with Crippen molar-refractivity contribution in [3.8, 4) is 0 Å². The van der Waals surface area contributed by atoms with E-state index in [-0.39, 0.29) is 23.5 Å². The Hall–Kier alpha value is -3.10. The number of rotatable bonds is 10. The van der Waals surface area contributed by atoms with Gasteiger partial charge in [-0.25, -0.2) is 0 Å². The summed E-state index contributed by atoms with van der Waals surface area (Å²) in [5.74, 6) is 0.369. The number of nitrogens with zero attached hydrogens (tertiary/aromatic N) is 3. The van der Waals surface area contributed by atoms with Crippen LogP contribution in [-0.4, -0.2) is 32.3 Å². The summed E-state index contributed by atoms with van der Waals surface area (Å²) in [6.07, 6.45) is 1.74. The maximum Gasteiger partial charge on any atom is 0.253 e. The Morgan fingerprint density at radius 2 is 1.89 bits per heavy atom. The number of anilines is 1. The minimum Gasteiger partial charge on any atom is -0.342 e. The van der Waals surface area contributed by atoms with Crippen LogP contribution in [0.15, 0.2) is 60.3 Å². The highest BCUT2D eigenvalue weighted by molar-refractivity contribution is 7.99. The van der Waals surface area contributed by atoms with Crippen LogP contribution in [0.1, 0.15) is 47.2 Å². The Labute approximate surface area is 215 Å². The van der Waals surface area contributed by atoms with Gasteiger partial charge in [0.15, 0.2) is 11.0 Å². The molecule has 0 saturated heterocycles. The number of hydrogen-bond acceptors (Lipinski definition) is 5. The molecule has 9 heteroatoms. The summed E-state index contributed by atoms with van der Waals surface area (Å²) in [4.78, 5) is 25.6. The monoisotopic (exact) mass is 511 g/mol. The summed E-state index contributed by atoms with van der Waals surface area (Å²) in [5.41, 5.74) is 3.35. The molecule has 1 aromatic heterocycles. The molecule has 2 amide bonds. The van der Waals surface area contributed by atoms with Crippen molar-refractivity contribution in [1.29, 1.82) is 0 Å². The molecule has 3 rings (SSSR count). The highest BCUT2D eigenvalue weighted by Crippen LogP contribution is 2.27. The van der Waals surface area contributed by atoms with Gasteiger partial charge in [0.2, 0.25) is 5.91 Å². The quantitative estimate of drug-likeness (QED) is 0.273. The van der Waals surface area contributed by atoms with Gasteiger partial charge in [-0.05, 0) is 49.1 Å². The molecule has 1 atom stereocenters. The zero-order valence-corrected chi connectivity index (χ0v) is 21.9. The Morgan fingerprint density at radius 3 is 2.57 bits per heavy atom. The van der Waals surface area contributed by atoms with Gasteiger partial charge in [-0.3, -0.25) is 9.59 Å². The van der Waals surface area contributed by atoms with Crippen LogP contribution in [0.3, 0.4) is 0 Å². The molecular formula is C26H30ClN5O2S. The molecule has 2 N–H and O–H groups in total. The molecule has 184 valence electrons. The van der Waals surface area contributed by atoms with Gasteiger partial charge >= 0.3 is 0 Å². The average molecular weight is 512 g/mol. The van der Waals surface area contributed by atoms with E-state index in [1.165, 1.54) is 11.8 Å². The summed E-state index contributed by atoms with van der Waals surface area (Å²) in [6, 6.07) is 12.3. The summed E-state index contributed by atoms with van der Waals surface area (Å²) < 4.78 is 1.88. The summed E-state index contributed by atoms with van der Waals surface area (Å²) in [7, 11) is 0. The van der Waals surface area contributed by atoms with Crippen molar-refractivity contribution in [3.05, 3.63) is 82.7 Å². The van der Waals surface area contributed by atoms with Crippen molar-refractivity contribution in [2.45, 2.75) is 45.4 Å². The Balaban J connectivity index is 1.77. The lowest BCUT2D eigenvalue weighted by molar-refractivity contribution is -0.113. The average Bonchev–Trinajstić information content (AvgIpc) is 3.21. The van der Waals surface area contributed by atoms with E-state index in [9.17, 15) is 9.59 Å². The van der Waals surface area contributed by atoms with Crippen LogP contribution >= 0.6 is 23.4 Å². The molecule has 0 unspecified atom stereocenters. The molecule has 0 aliphatic heterocycles. The van der Waals surface area contributed by atoms with Gasteiger partial charge in [-0.2, -0.15) is 0 Å². The predicted octanol–water partition coefficient (Wildman–Crippen LogP) is 5.59. The van der Waals surface area contributed by atoms with Gasteiger partial charge in [0, 0.05) is 12.2 Å². The van der Waals surface area contributed by atoms with E-state index in [0.29, 0.717) is 28.1 Å². The lowest BCUT2D eigenvalue weighted by Gasteiger charge is -2.23. The van der Waals surface area contributed by atoms with Gasteiger partial charge in [0.05, 0.1) is 22.4 Å². The van der Waals surface area contributed by atoms with E-state index in [0.717, 1.165) is 16.8 Å². The van der Waals surface area contributed by atoms with Crippen LogP contribution in [0, 0.1) is 19.8 Å². The minimum atomic E-state index is -0.413. The maximum atomic E-state index is 12.9. The first kappa shape index (κ1) is 26.5. The predicted molar refractivity (Wildman–Crippen MR) is 142 cm³/mol. The van der Waals surface area contributed by atoms with Crippen LogP contribution < -0.4 is 10.6 Å². The third kappa shape index (κ3) is 6.52. The van der Waals surface area contributed by atoms with E-state index in [1.807, 2.05) is 50.5 Å². The number of aromatic nitrogens is 3. The Morgan fingerprint density at radius 1 is 1.14 bits per heavy atom. The first-order valence-electron chi connectivity index (χ1n) is 11.3. The fraction of sp³-hybridized carbons (Fsp3) is 0.308. The number of benzene rings is 2. The molecule has 1 heterocycles. The summed E-state index contributed by atoms with van der Waals surface area (Å²) >= 11 is 7.50. The van der Waals surface area contributed by atoms with Crippen LogP contribution in [0.4, 0.5) is 5.69 Å². The second-order valence-electron chi connectivity index (χ2n) is 8.50. The van der Waals surface area contributed by atoms with Gasteiger partial charge in [0.25, 0.3) is 5.91 Å². The third-order valence-corrected chi connectivity index (χ3v) is 6.91. The third-order valence-electron chi connectivity index (χ3n) is 5.62. The highest BCUT2D eigenvalue weighted by atomic mass is 35.5. The SMILES string of the molecule is C=CCn1c(SCC(=O)Nc2cccc(C)c2C)nnc1[C@@H](NC(=O)c1ccccc1Cl)C(C)C. The fourth-order valence-corrected chi connectivity index (χ4v) is 4.51. The molecule has 0 bridgehead atoms. The Kier molecular flexibility index (Phi) is 9.12. The molecule has 7 nitrogen and oxygen atoms in total. The number of carbonyl (C=O) groups is 2. The number of allylic oxidation sites excluding steroid dienone is 1. The van der Waals surface area contributed by atoms with Crippen LogP contribution in [-0.2, 0) is 11.3 Å². The normalized spacial score (nSPS) is 11.8. The molecule has 0 aliphatic rings. The second-order valence-corrected chi connectivity index (χ2v) is 9.85. The van der Waals surface area contributed by atoms with E-state index in [2.05, 4.69) is 27.4 Å². The van der Waals surface area contributed by atoms with Crippen molar-refractivity contribution in [2.24, 2.45) is 5.92 Å². The minimum absolute atomic E-state index is 0.0275. The lowest BCUT2D eigenvalue weighted by Crippen LogP contribution is -2.34. The first-order chi connectivity index (χ1) is 16.7. The number of aryl methyl sites for hydroxylation is 1. The van der Waals surface area contributed by atoms with Crippen molar-refractivity contribution < 1.29 is 9.59 Å². The van der Waals surface area contributed by atoms with Crippen molar-refractivity contribution in [1.82, 2.24) is 20.1 Å². The van der Waals surface area contributed by atoms with E-state index >= 15 is 0 Å². The fourth-order valence-electron chi connectivity index (χ4n) is 3.53. The lowest BCUT2D eigenvalue weighted by atomic mass is 10.0. The number of amides is 2. The zero-order valence-electron chi connectivity index (χ0n) is 20.3. The smallest absolute Gasteiger partial charge is 0.253 e. The van der Waals surface area contributed by atoms with Gasteiger partial charge in [0.1, 0.15) is 0 Å². The van der Waals surface area contributed by atoms with Crippen molar-refractivity contribution in [2.75, 3.05) is 11.1 Å². The van der Waals surface area contributed by atoms with E-state index in [1.54, 1.807) is 30.3 Å². The number of thioether (sulfide) groups is 1. The standard InChI is InChI=1S/C26H30ClN5O2S/c1-6-14-32-24(23(16(2)3)29-25(34)19-11-7-8-12-20(19)27)30-31-26(32)35-15-22(33)28-21-13-9-10-17(4)18(21)5/h6-13,16,23H,1,14-15H2,2-5H3,(H,28,33)(H,29,34)/t23-/m0/s1. The second kappa shape index (κ2) is 12.0. The molecule has 0 aliphatic carbocycles. The summed E-state index contributed by atoms with van der Waals surface area (Å²) in [6.45, 7) is 12.3. The van der Waals surface area contributed by atoms with Crippen molar-refractivity contribution >= 4 is 40.9 Å². The maximum absolute atomic E-state index is 12.9. The van der Waals surface area contributed by atoms with Gasteiger partial charge in [-0.15, -0.1) is 16.8 Å². The molecule has 2 aromatic carbocycles. The topological polar surface area (TPSA) is 88.9 Å². The number of hydrogen-bond donors (Lipinski definition) is 2. The zero-order chi connectivity index (χ0) is 25.5. The van der Waals surface area contributed by atoms with Crippen LogP contribution in [0.5, 0.6) is 0 Å². The molecule has 35 heavy (non-hydrogen) atoms. The van der Waals surface area contributed by atoms with E-state index < -0.39 is 6.04 Å². The molecule has 3 aromatic rings. The molecule has 0 spiro atoms. The van der Waals surface area contributed by atoms with E-state index in [4.69, 9.17) is 11.6 Å². The number of halogens is 1. The molecular weight excluding hydrogens is 482 g/mol. The molecule has 0 radical (unpaired) electrons. The largest absolute Gasteiger partial charge is 0.342 e. The van der Waals surface area contributed by atoms with Gasteiger partial charge < -0.3 is 15.2 Å². The first-order valence-corrected chi connectivity index (χ1v) is 12.7. The molecule has 0 fully saturated rings. The highest BCUT2D eigenvalue weighted by Gasteiger charge is 2.27. The van der Waals surface area contributed by atoms with Crippen LogP contribution in [0.2, 0.25) is 5.02 Å². The van der Waals surface area contributed by atoms with Crippen LogP contribution in [0.25, 0.3) is 0 Å². The number of carbonyl (C=O) groups excluding carboxylic acids is 2. The van der Waals surface area contributed by atoms with Gasteiger partial charge in [-0.1, -0.05) is 67.6 Å². The summed E-state index contributed by atoms with van der Waals surface area (Å²) in [5, 5.41) is 15.7. The Bertz CT molecular complexity index is 1220. The van der Waals surface area contributed by atoms with Crippen molar-refractivity contribution in [3.63, 3.8) is 0 Å².